The van der Waals surface area contributed by atoms with E-state index >= 15 is 8.78 Å². The second-order valence-electron chi connectivity index (χ2n) is 10.9. The molecule has 1 aliphatic carbocycles. The van der Waals surface area contributed by atoms with Crippen LogP contribution in [0.3, 0.4) is 0 Å². The van der Waals surface area contributed by atoms with E-state index in [1.807, 2.05) is 18.2 Å². The molecule has 0 unspecified atom stereocenters. The van der Waals surface area contributed by atoms with Crippen LogP contribution in [0.5, 0.6) is 11.5 Å². The van der Waals surface area contributed by atoms with Crippen LogP contribution in [0.4, 0.5) is 17.6 Å². The van der Waals surface area contributed by atoms with Gasteiger partial charge in [0.05, 0.1) is 15.8 Å². The fraction of sp³-hybridized carbons (Fsp3) is 0.367. The van der Waals surface area contributed by atoms with Crippen molar-refractivity contribution in [1.82, 2.24) is 5.32 Å². The van der Waals surface area contributed by atoms with Crippen LogP contribution in [0.15, 0.2) is 48.5 Å². The number of fused-ring (bicyclic) bond motifs is 1. The van der Waals surface area contributed by atoms with Gasteiger partial charge in [0.1, 0.15) is 21.4 Å². The molecule has 0 saturated heterocycles. The highest BCUT2D eigenvalue weighted by molar-refractivity contribution is 7.91. The number of sulfone groups is 1. The van der Waals surface area contributed by atoms with Crippen LogP contribution in [0, 0.1) is 11.6 Å². The number of carbonyl (C=O) groups is 1. The second-order valence-corrected chi connectivity index (χ2v) is 13.6. The normalized spacial score (nSPS) is 21.8. The van der Waals surface area contributed by atoms with Crippen LogP contribution in [-0.2, 0) is 21.9 Å². The zero-order valence-corrected chi connectivity index (χ0v) is 24.6. The van der Waals surface area contributed by atoms with Crippen molar-refractivity contribution in [3.8, 4) is 22.6 Å². The molecule has 43 heavy (non-hydrogen) atoms. The van der Waals surface area contributed by atoms with Crippen molar-refractivity contribution in [3.05, 3.63) is 81.9 Å². The average Bonchev–Trinajstić information content (AvgIpc) is 3.33. The minimum absolute atomic E-state index is 0.0206. The Morgan fingerprint density at radius 3 is 2.40 bits per heavy atom. The summed E-state index contributed by atoms with van der Waals surface area (Å²) in [6, 6.07) is 11.9. The number of hydrogen-bond acceptors (Lipinski definition) is 6. The number of benzene rings is 3. The van der Waals surface area contributed by atoms with Crippen LogP contribution in [0.2, 0.25) is 5.02 Å². The Kier molecular flexibility index (Phi) is 8.65. The molecule has 1 atom stereocenters. The Hall–Kier alpha value is -3.35. The van der Waals surface area contributed by atoms with Crippen molar-refractivity contribution >= 4 is 27.3 Å². The fourth-order valence-corrected chi connectivity index (χ4v) is 7.39. The van der Waals surface area contributed by atoms with Gasteiger partial charge in [-0.25, -0.2) is 17.2 Å². The quantitative estimate of drug-likeness (QED) is 0.288. The predicted molar refractivity (Wildman–Crippen MR) is 153 cm³/mol. The summed E-state index contributed by atoms with van der Waals surface area (Å²) in [5, 5.41) is 2.53. The molecule has 1 aliphatic heterocycles. The SMILES string of the molecule is CS(=O)(=O)[C@H]1CC[C@@H](NC[C@@]2(c3ccccc3)Cc3c(cc(F)c(Cl)c3-c3c(C(N)=O)ccc(OC(F)F)c3F)O2)CC1. The van der Waals surface area contributed by atoms with Crippen molar-refractivity contribution in [2.45, 2.75) is 55.6 Å². The van der Waals surface area contributed by atoms with Crippen molar-refractivity contribution in [2.24, 2.45) is 5.73 Å². The molecule has 1 amide bonds. The smallest absolute Gasteiger partial charge is 0.387 e. The molecule has 1 fully saturated rings. The first-order valence-corrected chi connectivity index (χ1v) is 15.9. The van der Waals surface area contributed by atoms with Crippen LogP contribution < -0.4 is 20.5 Å². The van der Waals surface area contributed by atoms with E-state index in [-0.39, 0.29) is 35.9 Å². The average molecular weight is 641 g/mol. The van der Waals surface area contributed by atoms with Gasteiger partial charge in [-0.05, 0) is 43.4 Å². The first kappa shape index (κ1) is 31.1. The molecule has 2 aliphatic rings. The first-order valence-electron chi connectivity index (χ1n) is 13.6. The van der Waals surface area contributed by atoms with E-state index in [1.165, 1.54) is 6.26 Å². The number of rotatable bonds is 9. The van der Waals surface area contributed by atoms with E-state index in [4.69, 9.17) is 22.1 Å². The summed E-state index contributed by atoms with van der Waals surface area (Å²) < 4.78 is 91.9. The zero-order valence-electron chi connectivity index (χ0n) is 23.0. The van der Waals surface area contributed by atoms with Gasteiger partial charge in [0.25, 0.3) is 0 Å². The van der Waals surface area contributed by atoms with Crippen LogP contribution in [0.1, 0.15) is 47.2 Å². The maximum absolute atomic E-state index is 15.8. The van der Waals surface area contributed by atoms with Gasteiger partial charge >= 0.3 is 6.61 Å². The van der Waals surface area contributed by atoms with E-state index in [2.05, 4.69) is 10.1 Å². The van der Waals surface area contributed by atoms with Gasteiger partial charge < -0.3 is 20.5 Å². The minimum atomic E-state index is -3.37. The maximum Gasteiger partial charge on any atom is 0.387 e. The Morgan fingerprint density at radius 2 is 1.79 bits per heavy atom. The molecular formula is C30H29ClF4N2O5S. The van der Waals surface area contributed by atoms with Gasteiger partial charge in [0.2, 0.25) is 5.91 Å². The summed E-state index contributed by atoms with van der Waals surface area (Å²) in [5.74, 6) is -4.28. The third kappa shape index (κ3) is 6.18. The number of nitrogens with two attached hydrogens (primary N) is 1. The van der Waals surface area contributed by atoms with Gasteiger partial charge in [0.15, 0.2) is 17.2 Å². The largest absolute Gasteiger partial charge is 0.480 e. The van der Waals surface area contributed by atoms with Crippen molar-refractivity contribution in [1.29, 1.82) is 0 Å². The lowest BCUT2D eigenvalue weighted by molar-refractivity contribution is -0.0521. The number of alkyl halides is 2. The maximum atomic E-state index is 15.8. The van der Waals surface area contributed by atoms with Gasteiger partial charge in [0, 0.05) is 48.0 Å². The molecule has 5 rings (SSSR count). The third-order valence-electron chi connectivity index (χ3n) is 8.15. The molecule has 3 aromatic carbocycles. The van der Waals surface area contributed by atoms with Crippen LogP contribution in [-0.4, -0.2) is 45.0 Å². The van der Waals surface area contributed by atoms with Crippen LogP contribution in [0.25, 0.3) is 11.1 Å². The van der Waals surface area contributed by atoms with E-state index in [1.54, 1.807) is 12.1 Å². The molecular weight excluding hydrogens is 612 g/mol. The summed E-state index contributed by atoms with van der Waals surface area (Å²) in [7, 11) is -3.15. The Bertz CT molecular complexity index is 1650. The molecule has 230 valence electrons. The number of ether oxygens (including phenoxy) is 2. The van der Waals surface area contributed by atoms with Gasteiger partial charge in [-0.2, -0.15) is 8.78 Å². The lowest BCUT2D eigenvalue weighted by atomic mass is 9.84. The highest BCUT2D eigenvalue weighted by Gasteiger charge is 2.45. The van der Waals surface area contributed by atoms with E-state index in [0.717, 1.165) is 18.2 Å². The summed E-state index contributed by atoms with van der Waals surface area (Å²) >= 11 is 6.40. The number of halogens is 5. The van der Waals surface area contributed by atoms with Gasteiger partial charge in [-0.1, -0.05) is 41.9 Å². The Morgan fingerprint density at radius 1 is 1.12 bits per heavy atom. The molecule has 0 aromatic heterocycles. The van der Waals surface area contributed by atoms with Gasteiger partial charge in [-0.15, -0.1) is 0 Å². The lowest BCUT2D eigenvalue weighted by Gasteiger charge is -2.34. The Balaban J connectivity index is 1.57. The van der Waals surface area contributed by atoms with Crippen molar-refractivity contribution in [2.75, 3.05) is 12.8 Å². The van der Waals surface area contributed by atoms with Gasteiger partial charge in [-0.3, -0.25) is 4.79 Å². The van der Waals surface area contributed by atoms with E-state index < -0.39 is 66.7 Å². The fourth-order valence-electron chi connectivity index (χ4n) is 6.00. The molecule has 1 saturated carbocycles. The summed E-state index contributed by atoms with van der Waals surface area (Å²) in [6.45, 7) is -3.17. The number of primary amides is 1. The number of amides is 1. The standard InChI is InChI=1S/C30H29ClF4N2O5S/c1-43(39,40)18-9-7-17(8-10-18)37-15-30(16-5-3-2-4-6-16)14-20-23(42-30)13-21(32)26(31)24(20)25-19(28(36)38)11-12-22(27(25)33)41-29(34)35/h2-6,11-13,17-18,29,37H,7-10,14-15H2,1H3,(H2,36,38)/t17-,18+,30-/m1/s1. The lowest BCUT2D eigenvalue weighted by Crippen LogP contribution is -2.47. The Labute approximate surface area is 251 Å². The predicted octanol–water partition coefficient (Wildman–Crippen LogP) is 5.76. The topological polar surface area (TPSA) is 108 Å². The second kappa shape index (κ2) is 12.0. The molecule has 1 heterocycles. The molecule has 3 N–H and O–H groups in total. The molecule has 0 bridgehead atoms. The third-order valence-corrected chi connectivity index (χ3v) is 10.2. The molecule has 0 radical (unpaired) electrons. The summed E-state index contributed by atoms with van der Waals surface area (Å²) in [5.41, 5.74) is 4.06. The molecule has 0 spiro atoms. The minimum Gasteiger partial charge on any atom is -0.480 e. The zero-order chi connectivity index (χ0) is 31.1. The number of hydrogen-bond donors (Lipinski definition) is 2. The van der Waals surface area contributed by atoms with E-state index in [9.17, 15) is 22.0 Å². The number of carbonyl (C=O) groups excluding carboxylic acids is 1. The monoisotopic (exact) mass is 640 g/mol. The molecule has 7 nitrogen and oxygen atoms in total. The van der Waals surface area contributed by atoms with Crippen molar-refractivity contribution in [3.63, 3.8) is 0 Å². The molecule has 3 aromatic rings. The highest BCUT2D eigenvalue weighted by Crippen LogP contribution is 2.50. The molecule has 13 heteroatoms. The van der Waals surface area contributed by atoms with Crippen molar-refractivity contribution < 1.29 is 40.2 Å². The number of nitrogens with one attached hydrogen (secondary N) is 1. The summed E-state index contributed by atoms with van der Waals surface area (Å²) in [4.78, 5) is 12.3. The summed E-state index contributed by atoms with van der Waals surface area (Å²) in [6.07, 6.45) is 3.52. The highest BCUT2D eigenvalue weighted by atomic mass is 35.5. The van der Waals surface area contributed by atoms with Crippen LogP contribution >= 0.6 is 11.6 Å². The first-order chi connectivity index (χ1) is 20.3. The van der Waals surface area contributed by atoms with E-state index in [0.29, 0.717) is 31.2 Å².